The molecule has 586 valence electrons. The highest BCUT2D eigenvalue weighted by molar-refractivity contribution is 9.10. The Morgan fingerprint density at radius 2 is 1.16 bits per heavy atom. The first-order valence-corrected chi connectivity index (χ1v) is 43.1. The van der Waals surface area contributed by atoms with Gasteiger partial charge in [-0.25, -0.2) is 37.2 Å². The topological polar surface area (TPSA) is 318 Å². The molecule has 26 nitrogen and oxygen atoms in total. The summed E-state index contributed by atoms with van der Waals surface area (Å²) in [5.74, 6) is -2.31. The van der Waals surface area contributed by atoms with E-state index in [1.54, 1.807) is 113 Å². The maximum atomic E-state index is 14.5. The monoisotopic (exact) mass is 1770 g/mol. The van der Waals surface area contributed by atoms with E-state index < -0.39 is 84.9 Å². The molecule has 2 saturated carbocycles. The van der Waals surface area contributed by atoms with E-state index in [0.717, 1.165) is 73.2 Å². The second kappa shape index (κ2) is 35.9. The number of benzene rings is 5. The zero-order valence-electron chi connectivity index (χ0n) is 61.6. The number of amides is 4. The number of carbonyl (C=O) groups is 4. The summed E-state index contributed by atoms with van der Waals surface area (Å²) in [7, 11) is -3.90. The summed E-state index contributed by atoms with van der Waals surface area (Å²) < 4.78 is 58.6. The number of fused-ring (bicyclic) bond motifs is 5. The second-order valence-electron chi connectivity index (χ2n) is 28.5. The standard InChI is InChI=1S/C37H47N7O8S.C12H8ClN3.C12H10N3O.C9H7BrNO.C9H6BrN.Cl3OP/c1-8-23-20-37(23,33(47)42-53(49,50)26-11-12-26)41-30(45)28-19-25(21-43(28)32(46)29(35(2,3)4)40-34(48)52-36(5,6)7)51-31-27-13-10-24(44-17-9-15-39-44)18-22(27)14-16-38-31;13-12-11-3-2-10(16-7-1-5-15-16)8-9(11)4-6-14-12;16-14-7-4-10-8-12(3-2-11(10)9-14)15-6-1-5-13-15;10-9-2-1-8-6-11(12)4-3-7(8)5-9;10-9-2-1-8-6-11-4-3-7(8)5-9;1-5(2,3)4/h8-10,13-18,23,25-26,28-29H,1,11-12,19-21H2,2-7H3,(H,40,48)(H,41,45)(H,42,47);1-8H;1-9,16H;1-6,12H;1-6H;/q;;2*+1;;/t23-,25-,28+,29-,37-;;;;;/m1...../s1. The molecule has 0 spiro atoms. The molecule has 0 radical (unpaired) electrons. The predicted molar refractivity (Wildman–Crippen MR) is 441 cm³/mol. The van der Waals surface area contributed by atoms with E-state index in [1.165, 1.54) is 21.7 Å². The Labute approximate surface area is 686 Å². The Morgan fingerprint density at radius 3 is 1.68 bits per heavy atom. The average Bonchev–Trinajstić information content (AvgIpc) is 1.57. The molecule has 1 saturated heterocycles. The maximum Gasteiger partial charge on any atom is 0.408 e. The molecule has 4 amide bonds. The number of hydrogen-bond acceptors (Lipinski definition) is 17. The van der Waals surface area contributed by atoms with E-state index in [4.69, 9.17) is 26.3 Å². The average molecular weight is 1780 g/mol. The quantitative estimate of drug-likeness (QED) is 0.0235. The lowest BCUT2D eigenvalue weighted by molar-refractivity contribution is -0.904. The molecule has 13 aromatic rings. The van der Waals surface area contributed by atoms with Crippen molar-refractivity contribution >= 4 is 170 Å². The van der Waals surface area contributed by atoms with Gasteiger partial charge in [0.1, 0.15) is 34.5 Å². The van der Waals surface area contributed by atoms with E-state index in [9.17, 15) is 37.4 Å². The largest absolute Gasteiger partial charge is 0.472 e. The molecular formula is C79H78Br2Cl4N15O11PS+2. The third kappa shape index (κ3) is 22.6. The van der Waals surface area contributed by atoms with E-state index in [0.29, 0.717) is 29.3 Å². The second-order valence-corrected chi connectivity index (χ2v) is 39.3. The van der Waals surface area contributed by atoms with Gasteiger partial charge in [0.25, 0.3) is 5.91 Å². The lowest BCUT2D eigenvalue weighted by atomic mass is 9.85. The number of rotatable bonds is 13. The molecular weight excluding hydrogens is 1700 g/mol. The number of alkyl carbamates (subject to hydrolysis) is 1. The van der Waals surface area contributed by atoms with Gasteiger partial charge in [0.2, 0.25) is 52.5 Å². The van der Waals surface area contributed by atoms with Gasteiger partial charge in [0.15, 0.2) is 0 Å². The molecule has 0 bridgehead atoms. The molecule has 113 heavy (non-hydrogen) atoms. The van der Waals surface area contributed by atoms with Crippen LogP contribution in [-0.4, -0.2) is 133 Å². The van der Waals surface area contributed by atoms with Crippen molar-refractivity contribution < 1.29 is 61.5 Å². The summed E-state index contributed by atoms with van der Waals surface area (Å²) in [6.07, 6.45) is 25.4. The fourth-order valence-corrected chi connectivity index (χ4v) is 14.6. The number of hydrogen-bond donors (Lipinski definition) is 5. The van der Waals surface area contributed by atoms with E-state index >= 15 is 0 Å². The van der Waals surface area contributed by atoms with Crippen molar-refractivity contribution in [3.63, 3.8) is 0 Å². The van der Waals surface area contributed by atoms with Crippen molar-refractivity contribution in [1.82, 2.24) is 64.5 Å². The van der Waals surface area contributed by atoms with Crippen molar-refractivity contribution in [2.24, 2.45) is 11.3 Å². The van der Waals surface area contributed by atoms with Gasteiger partial charge in [-0.1, -0.05) is 76.4 Å². The highest BCUT2D eigenvalue weighted by Crippen LogP contribution is 2.61. The molecule has 5 aromatic carbocycles. The minimum absolute atomic E-state index is 0.0150. The van der Waals surface area contributed by atoms with Crippen molar-refractivity contribution in [1.29, 1.82) is 0 Å². The van der Waals surface area contributed by atoms with Crippen LogP contribution in [0.3, 0.4) is 0 Å². The molecule has 8 aromatic heterocycles. The van der Waals surface area contributed by atoms with E-state index in [1.807, 2.05) is 163 Å². The van der Waals surface area contributed by atoms with Gasteiger partial charge in [-0.2, -0.15) is 15.3 Å². The fraction of sp³-hybridized carbons (Fsp3) is 0.241. The van der Waals surface area contributed by atoms with Crippen LogP contribution in [0, 0.1) is 11.3 Å². The van der Waals surface area contributed by atoms with Crippen LogP contribution in [0.1, 0.15) is 67.2 Å². The lowest BCUT2D eigenvalue weighted by Gasteiger charge is -2.36. The van der Waals surface area contributed by atoms with Crippen molar-refractivity contribution in [3.05, 3.63) is 253 Å². The highest BCUT2D eigenvalue weighted by atomic mass is 79.9. The molecule has 3 aliphatic rings. The first-order valence-electron chi connectivity index (χ1n) is 35.1. The Hall–Kier alpha value is -10.1. The number of halogens is 6. The minimum Gasteiger partial charge on any atom is -0.472 e. The zero-order chi connectivity index (χ0) is 81.2. The highest BCUT2D eigenvalue weighted by Gasteiger charge is 2.62. The molecule has 9 heterocycles. The third-order valence-electron chi connectivity index (χ3n) is 17.9. The smallest absolute Gasteiger partial charge is 0.408 e. The molecule has 5 N–H and O–H groups in total. The summed E-state index contributed by atoms with van der Waals surface area (Å²) in [4.78, 5) is 69.1. The van der Waals surface area contributed by atoms with Crippen LogP contribution in [0.2, 0.25) is 5.15 Å². The Balaban J connectivity index is 0.000000166. The predicted octanol–water partition coefficient (Wildman–Crippen LogP) is 15.9. The van der Waals surface area contributed by atoms with Crippen molar-refractivity contribution in [2.75, 3.05) is 6.54 Å². The SMILES string of the molecule is Brc1ccc2cnccc2c1.C=C[C@@H]1C[C@]1(NC(=O)[C@@H]1C[C@@H](Oc2nccc3cc(-n4cccn4)ccc23)CN1C(=O)[C@@H](NC(=O)OC(C)(C)C)C(C)(C)C)C(=O)NS(=O)(=O)C1CC1.Clc1nccc2cc(-n3cccn3)ccc12.O=P(Cl)(Cl)Cl.O[n+]1ccc2cc(-n3cccn3)ccc2c1.O[n+]1ccc2cc(Br)ccc2c1. The van der Waals surface area contributed by atoms with Gasteiger partial charge in [0, 0.05) is 121 Å². The maximum absolute atomic E-state index is 14.5. The Morgan fingerprint density at radius 1 is 0.664 bits per heavy atom. The summed E-state index contributed by atoms with van der Waals surface area (Å²) in [6, 6.07) is 42.5. The van der Waals surface area contributed by atoms with Gasteiger partial charge in [-0.3, -0.25) is 39.1 Å². The van der Waals surface area contributed by atoms with Crippen LogP contribution < -0.4 is 29.6 Å². The molecule has 2 aliphatic carbocycles. The number of sulfonamides is 1. The zero-order valence-corrected chi connectivity index (χ0v) is 69.5. The van der Waals surface area contributed by atoms with Crippen LogP contribution in [0.4, 0.5) is 4.79 Å². The van der Waals surface area contributed by atoms with Crippen LogP contribution in [0.25, 0.3) is 70.9 Å². The van der Waals surface area contributed by atoms with Crippen LogP contribution in [-0.2, 0) is 33.7 Å². The van der Waals surface area contributed by atoms with Crippen LogP contribution in [0.15, 0.2) is 248 Å². The summed E-state index contributed by atoms with van der Waals surface area (Å²) in [5, 5.41) is 43.3. The molecule has 5 atom stereocenters. The molecule has 34 heteroatoms. The van der Waals surface area contributed by atoms with Gasteiger partial charge in [0.05, 0.1) is 39.6 Å². The van der Waals surface area contributed by atoms with Gasteiger partial charge < -0.3 is 25.0 Å². The normalized spacial score (nSPS) is 16.7. The van der Waals surface area contributed by atoms with Crippen LogP contribution in [0.5, 0.6) is 5.88 Å². The Kier molecular flexibility index (Phi) is 26.7. The molecule has 3 fully saturated rings. The number of aromatic nitrogens is 11. The van der Waals surface area contributed by atoms with Gasteiger partial charge >= 0.3 is 11.3 Å². The van der Waals surface area contributed by atoms with E-state index in [-0.39, 0.29) is 19.4 Å². The third-order valence-corrected chi connectivity index (χ3v) is 21.1. The van der Waals surface area contributed by atoms with Gasteiger partial charge in [-0.05, 0) is 227 Å². The number of nitrogens with zero attached hydrogens (tertiary/aromatic N) is 12. The van der Waals surface area contributed by atoms with E-state index in [2.05, 4.69) is 124 Å². The molecule has 1 aliphatic heterocycles. The number of carbonyl (C=O) groups excluding carboxylic acids is 4. The Bertz CT molecular complexity index is 5730. The number of ether oxygens (including phenoxy) is 2. The first-order chi connectivity index (χ1) is 53.6. The summed E-state index contributed by atoms with van der Waals surface area (Å²) >= 11 is 26.6. The summed E-state index contributed by atoms with van der Waals surface area (Å²) in [5.41, 5.74) is -0.354. The molecule has 0 unspecified atom stereocenters. The summed E-state index contributed by atoms with van der Waals surface area (Å²) in [6.45, 7) is 14.2. The number of pyridine rings is 5. The van der Waals surface area contributed by atoms with Crippen molar-refractivity contribution in [2.45, 2.75) is 102 Å². The lowest BCUT2D eigenvalue weighted by Crippen LogP contribution is -2.60. The minimum atomic E-state index is -3.90. The molecule has 16 rings (SSSR count). The van der Waals surface area contributed by atoms with Crippen molar-refractivity contribution in [3.8, 4) is 22.9 Å². The van der Waals surface area contributed by atoms with Gasteiger partial charge in [-0.15, -0.1) is 6.58 Å². The number of likely N-dealkylation sites (tertiary alicyclic amines) is 1. The fourth-order valence-electron chi connectivity index (χ4n) is 12.2. The van der Waals surface area contributed by atoms with Crippen LogP contribution >= 0.6 is 82.4 Å². The number of nitrogens with one attached hydrogen (secondary N) is 3. The first kappa shape index (κ1) is 83.8.